The van der Waals surface area contributed by atoms with Crippen molar-refractivity contribution in [1.82, 2.24) is 19.8 Å². The van der Waals surface area contributed by atoms with E-state index in [1.165, 1.54) is 18.5 Å². The fourth-order valence-corrected chi connectivity index (χ4v) is 5.32. The normalized spacial score (nSPS) is 17.9. The molecule has 0 amide bonds. The quantitative estimate of drug-likeness (QED) is 0.330. The summed E-state index contributed by atoms with van der Waals surface area (Å²) in [6, 6.07) is 8.05. The van der Waals surface area contributed by atoms with Crippen LogP contribution in [-0.2, 0) is 9.53 Å². The summed E-state index contributed by atoms with van der Waals surface area (Å²) < 4.78 is 31.0. The van der Waals surface area contributed by atoms with Gasteiger partial charge in [0.1, 0.15) is 23.6 Å². The number of hydrogen-bond donors (Lipinski definition) is 1. The number of methoxy groups -OCH3 is 1. The molecule has 5 rings (SSSR count). The molecular formula is C27H31ClFN5O4. The molecule has 1 spiro atoms. The first-order valence-corrected chi connectivity index (χ1v) is 13.0. The number of esters is 1. The van der Waals surface area contributed by atoms with Crippen molar-refractivity contribution in [2.24, 2.45) is 0 Å². The maximum atomic E-state index is 13.6. The van der Waals surface area contributed by atoms with Crippen LogP contribution in [0, 0.1) is 5.82 Å². The Balaban J connectivity index is 1.20. The number of rotatable bonds is 8. The Morgan fingerprint density at radius 3 is 2.74 bits per heavy atom. The van der Waals surface area contributed by atoms with E-state index in [0.717, 1.165) is 50.8 Å². The number of hydrogen-bond acceptors (Lipinski definition) is 9. The van der Waals surface area contributed by atoms with Gasteiger partial charge in [-0.3, -0.25) is 9.69 Å². The van der Waals surface area contributed by atoms with Crippen molar-refractivity contribution in [2.45, 2.75) is 24.9 Å². The van der Waals surface area contributed by atoms with Crippen molar-refractivity contribution in [3.05, 3.63) is 47.5 Å². The van der Waals surface area contributed by atoms with E-state index in [1.807, 2.05) is 24.1 Å². The third-order valence-corrected chi connectivity index (χ3v) is 7.32. The number of benzene rings is 2. The van der Waals surface area contributed by atoms with Crippen LogP contribution in [0.4, 0.5) is 15.9 Å². The number of morpholine rings is 1. The van der Waals surface area contributed by atoms with Crippen LogP contribution < -0.4 is 14.8 Å². The number of fused-ring (bicyclic) bond motifs is 1. The summed E-state index contributed by atoms with van der Waals surface area (Å²) in [5, 5.41) is 3.94. The fourth-order valence-electron chi connectivity index (χ4n) is 5.14. The standard InChI is InChI=1S/C27H31ClFN5O4/c1-33-15-25(35)38-27(16-33)6-9-34(10-7-27)8-3-11-37-24-13-19-22(14-23(24)36-2)30-17-31-26(19)32-18-4-5-21(29)20(28)12-18/h4-5,12-14,17H,3,6-11,15-16H2,1-2H3,(H,30,31,32). The average molecular weight is 544 g/mol. The molecule has 0 bridgehead atoms. The van der Waals surface area contributed by atoms with Gasteiger partial charge < -0.3 is 24.4 Å². The predicted octanol–water partition coefficient (Wildman–Crippen LogP) is 4.27. The van der Waals surface area contributed by atoms with Crippen molar-refractivity contribution >= 4 is 40.0 Å². The van der Waals surface area contributed by atoms with Crippen molar-refractivity contribution in [3.63, 3.8) is 0 Å². The van der Waals surface area contributed by atoms with Gasteiger partial charge in [-0.1, -0.05) is 11.6 Å². The summed E-state index contributed by atoms with van der Waals surface area (Å²) in [7, 11) is 3.56. The number of nitrogens with zero attached hydrogens (tertiary/aromatic N) is 4. The molecule has 2 aliphatic heterocycles. The molecule has 38 heavy (non-hydrogen) atoms. The zero-order chi connectivity index (χ0) is 26.7. The van der Waals surface area contributed by atoms with E-state index in [1.54, 1.807) is 13.2 Å². The molecule has 2 saturated heterocycles. The second-order valence-electron chi connectivity index (χ2n) is 9.87. The summed E-state index contributed by atoms with van der Waals surface area (Å²) in [5.74, 6) is 1.09. The average Bonchev–Trinajstić information content (AvgIpc) is 2.89. The summed E-state index contributed by atoms with van der Waals surface area (Å²) in [6.45, 7) is 4.33. The molecule has 3 heterocycles. The number of ether oxygens (including phenoxy) is 3. The molecule has 0 radical (unpaired) electrons. The van der Waals surface area contributed by atoms with Gasteiger partial charge in [-0.05, 0) is 37.7 Å². The Kier molecular flexibility index (Phi) is 7.83. The fraction of sp³-hybridized carbons (Fsp3) is 0.444. The highest BCUT2D eigenvalue weighted by Gasteiger charge is 2.42. The van der Waals surface area contributed by atoms with Gasteiger partial charge in [0.05, 0.1) is 30.8 Å². The zero-order valence-corrected chi connectivity index (χ0v) is 22.3. The van der Waals surface area contributed by atoms with Gasteiger partial charge in [0.15, 0.2) is 11.5 Å². The highest BCUT2D eigenvalue weighted by Crippen LogP contribution is 2.35. The lowest BCUT2D eigenvalue weighted by Gasteiger charge is -2.45. The molecule has 1 N–H and O–H groups in total. The van der Waals surface area contributed by atoms with E-state index in [0.29, 0.717) is 41.7 Å². The van der Waals surface area contributed by atoms with Crippen LogP contribution in [0.3, 0.4) is 0 Å². The van der Waals surface area contributed by atoms with Crippen LogP contribution in [0.1, 0.15) is 19.3 Å². The Bertz CT molecular complexity index is 1320. The van der Waals surface area contributed by atoms with Gasteiger partial charge in [0.2, 0.25) is 0 Å². The maximum absolute atomic E-state index is 13.6. The molecule has 0 atom stereocenters. The maximum Gasteiger partial charge on any atom is 0.320 e. The molecule has 2 aliphatic rings. The number of piperidine rings is 1. The first-order valence-electron chi connectivity index (χ1n) is 12.6. The van der Waals surface area contributed by atoms with E-state index in [9.17, 15) is 9.18 Å². The lowest BCUT2D eigenvalue weighted by molar-refractivity contribution is -0.179. The van der Waals surface area contributed by atoms with Crippen LogP contribution in [0.2, 0.25) is 5.02 Å². The predicted molar refractivity (Wildman–Crippen MR) is 143 cm³/mol. The van der Waals surface area contributed by atoms with E-state index in [2.05, 4.69) is 20.2 Å². The Hall–Kier alpha value is -3.21. The monoisotopic (exact) mass is 543 g/mol. The van der Waals surface area contributed by atoms with Crippen LogP contribution in [-0.4, -0.2) is 84.8 Å². The summed E-state index contributed by atoms with van der Waals surface area (Å²) in [5.41, 5.74) is 0.937. The lowest BCUT2D eigenvalue weighted by atomic mass is 9.89. The van der Waals surface area contributed by atoms with E-state index < -0.39 is 5.82 Å². The van der Waals surface area contributed by atoms with Crippen LogP contribution in [0.15, 0.2) is 36.7 Å². The Labute approximate surface area is 225 Å². The molecular weight excluding hydrogens is 513 g/mol. The highest BCUT2D eigenvalue weighted by molar-refractivity contribution is 6.31. The van der Waals surface area contributed by atoms with Crippen molar-refractivity contribution in [1.29, 1.82) is 0 Å². The number of halogens is 2. The third-order valence-electron chi connectivity index (χ3n) is 7.03. The third kappa shape index (κ3) is 5.92. The van der Waals surface area contributed by atoms with Crippen LogP contribution in [0.25, 0.3) is 10.9 Å². The molecule has 3 aromatic rings. The first kappa shape index (κ1) is 26.4. The molecule has 1 aromatic heterocycles. The minimum Gasteiger partial charge on any atom is -0.493 e. The van der Waals surface area contributed by atoms with E-state index in [4.69, 9.17) is 25.8 Å². The first-order chi connectivity index (χ1) is 18.3. The van der Waals surface area contributed by atoms with Gasteiger partial charge in [-0.2, -0.15) is 0 Å². The molecule has 0 unspecified atom stereocenters. The molecule has 2 aromatic carbocycles. The second-order valence-corrected chi connectivity index (χ2v) is 10.3. The molecule has 11 heteroatoms. The lowest BCUT2D eigenvalue weighted by Crippen LogP contribution is -2.57. The van der Waals surface area contributed by atoms with E-state index >= 15 is 0 Å². The minimum atomic E-state index is -0.487. The topological polar surface area (TPSA) is 89.1 Å². The molecule has 2 fully saturated rings. The van der Waals surface area contributed by atoms with Crippen molar-refractivity contribution in [3.8, 4) is 11.5 Å². The van der Waals surface area contributed by atoms with Crippen molar-refractivity contribution in [2.75, 3.05) is 58.8 Å². The number of carbonyl (C=O) groups excluding carboxylic acids is 1. The molecule has 0 aliphatic carbocycles. The number of aromatic nitrogens is 2. The number of nitrogens with one attached hydrogen (secondary N) is 1. The number of likely N-dealkylation sites (tertiary alicyclic amines) is 1. The van der Waals surface area contributed by atoms with Gasteiger partial charge >= 0.3 is 5.97 Å². The van der Waals surface area contributed by atoms with Crippen molar-refractivity contribution < 1.29 is 23.4 Å². The molecule has 202 valence electrons. The Morgan fingerprint density at radius 2 is 2.00 bits per heavy atom. The van der Waals surface area contributed by atoms with Gasteiger partial charge in [0, 0.05) is 56.2 Å². The zero-order valence-electron chi connectivity index (χ0n) is 21.5. The second kappa shape index (κ2) is 11.3. The number of likely N-dealkylation sites (N-methyl/N-ethyl adjacent to an activating group) is 1. The summed E-state index contributed by atoms with van der Waals surface area (Å²) in [4.78, 5) is 25.1. The summed E-state index contributed by atoms with van der Waals surface area (Å²) in [6.07, 6.45) is 3.97. The SMILES string of the molecule is COc1cc2ncnc(Nc3ccc(F)c(Cl)c3)c2cc1OCCCN1CCC2(CC1)CN(C)CC(=O)O2. The highest BCUT2D eigenvalue weighted by atomic mass is 35.5. The van der Waals surface area contributed by atoms with E-state index in [-0.39, 0.29) is 16.6 Å². The minimum absolute atomic E-state index is 0.0232. The largest absolute Gasteiger partial charge is 0.493 e. The molecule has 0 saturated carbocycles. The van der Waals surface area contributed by atoms with Gasteiger partial charge in [-0.25, -0.2) is 14.4 Å². The number of carbonyl (C=O) groups is 1. The van der Waals surface area contributed by atoms with Gasteiger partial charge in [-0.15, -0.1) is 0 Å². The number of anilines is 2. The van der Waals surface area contributed by atoms with Crippen LogP contribution >= 0.6 is 11.6 Å². The van der Waals surface area contributed by atoms with Crippen LogP contribution in [0.5, 0.6) is 11.5 Å². The Morgan fingerprint density at radius 1 is 1.18 bits per heavy atom. The molecule has 9 nitrogen and oxygen atoms in total. The van der Waals surface area contributed by atoms with Gasteiger partial charge in [0.25, 0.3) is 0 Å². The summed E-state index contributed by atoms with van der Waals surface area (Å²) >= 11 is 5.93. The smallest absolute Gasteiger partial charge is 0.320 e.